The molecular weight excluding hydrogens is 222 g/mol. The second-order valence-corrected chi connectivity index (χ2v) is 3.78. The van der Waals surface area contributed by atoms with Crippen molar-refractivity contribution < 1.29 is 4.79 Å². The van der Waals surface area contributed by atoms with Crippen LogP contribution < -0.4 is 5.32 Å². The minimum atomic E-state index is 0.664. The van der Waals surface area contributed by atoms with E-state index >= 15 is 0 Å². The predicted molar refractivity (Wildman–Crippen MR) is 66.6 cm³/mol. The van der Waals surface area contributed by atoms with Crippen LogP contribution in [-0.2, 0) is 4.79 Å². The van der Waals surface area contributed by atoms with E-state index in [0.717, 1.165) is 21.8 Å². The summed E-state index contributed by atoms with van der Waals surface area (Å²) in [5.74, 6) is 0. The third kappa shape index (κ3) is 2.41. The molecule has 0 saturated carbocycles. The van der Waals surface area contributed by atoms with Gasteiger partial charge in [-0.3, -0.25) is 4.79 Å². The van der Waals surface area contributed by atoms with Crippen LogP contribution in [0.15, 0.2) is 48.5 Å². The molecule has 0 aliphatic rings. The monoisotopic (exact) mass is 231 g/mol. The molecule has 2 aromatic carbocycles. The molecule has 2 aromatic rings. The maximum atomic E-state index is 10.2. The molecule has 0 spiro atoms. The van der Waals surface area contributed by atoms with E-state index in [2.05, 4.69) is 5.32 Å². The lowest BCUT2D eigenvalue weighted by Crippen LogP contribution is -1.92. The van der Waals surface area contributed by atoms with Crippen LogP contribution in [-0.4, -0.2) is 6.41 Å². The van der Waals surface area contributed by atoms with Crippen LogP contribution in [0.25, 0.3) is 11.1 Å². The summed E-state index contributed by atoms with van der Waals surface area (Å²) in [6, 6.07) is 15.3. The van der Waals surface area contributed by atoms with Gasteiger partial charge < -0.3 is 5.32 Å². The second kappa shape index (κ2) is 4.81. The Morgan fingerprint density at radius 1 is 0.875 bits per heavy atom. The summed E-state index contributed by atoms with van der Waals surface area (Å²) in [6.07, 6.45) is 0.664. The van der Waals surface area contributed by atoms with Crippen molar-refractivity contribution in [2.24, 2.45) is 0 Å². The molecule has 0 radical (unpaired) electrons. The van der Waals surface area contributed by atoms with Crippen molar-refractivity contribution in [3.8, 4) is 11.1 Å². The fraction of sp³-hybridized carbons (Fsp3) is 0. The molecule has 0 aliphatic heterocycles. The lowest BCUT2D eigenvalue weighted by molar-refractivity contribution is -0.105. The standard InChI is InChI=1S/C13H10ClNO/c14-12-5-1-10(2-6-12)11-3-7-13(8-4-11)15-9-16/h1-9H,(H,15,16). The fourth-order valence-corrected chi connectivity index (χ4v) is 1.60. The van der Waals surface area contributed by atoms with Gasteiger partial charge in [-0.05, 0) is 35.4 Å². The average molecular weight is 232 g/mol. The number of carbonyl (C=O) groups is 1. The highest BCUT2D eigenvalue weighted by Crippen LogP contribution is 2.22. The Kier molecular flexibility index (Phi) is 3.22. The topological polar surface area (TPSA) is 29.1 Å². The van der Waals surface area contributed by atoms with Gasteiger partial charge in [-0.1, -0.05) is 35.9 Å². The molecule has 0 saturated heterocycles. The minimum Gasteiger partial charge on any atom is -0.329 e. The molecule has 2 nitrogen and oxygen atoms in total. The molecule has 0 fully saturated rings. The number of hydrogen-bond acceptors (Lipinski definition) is 1. The van der Waals surface area contributed by atoms with Crippen LogP contribution >= 0.6 is 11.6 Å². The van der Waals surface area contributed by atoms with Gasteiger partial charge in [-0.2, -0.15) is 0 Å². The maximum absolute atomic E-state index is 10.2. The van der Waals surface area contributed by atoms with Gasteiger partial charge in [0.15, 0.2) is 0 Å². The quantitative estimate of drug-likeness (QED) is 0.804. The van der Waals surface area contributed by atoms with Gasteiger partial charge in [-0.15, -0.1) is 0 Å². The van der Waals surface area contributed by atoms with E-state index in [1.807, 2.05) is 48.5 Å². The summed E-state index contributed by atoms with van der Waals surface area (Å²) >= 11 is 5.82. The van der Waals surface area contributed by atoms with Gasteiger partial charge in [-0.25, -0.2) is 0 Å². The third-order valence-electron chi connectivity index (χ3n) is 2.29. The van der Waals surface area contributed by atoms with E-state index in [9.17, 15) is 4.79 Å². The molecule has 1 amide bonds. The highest BCUT2D eigenvalue weighted by molar-refractivity contribution is 6.30. The molecule has 0 aliphatic carbocycles. The third-order valence-corrected chi connectivity index (χ3v) is 2.54. The van der Waals surface area contributed by atoms with Crippen LogP contribution in [0.1, 0.15) is 0 Å². The summed E-state index contributed by atoms with van der Waals surface area (Å²) in [6.45, 7) is 0. The number of hydrogen-bond donors (Lipinski definition) is 1. The van der Waals surface area contributed by atoms with E-state index in [0.29, 0.717) is 6.41 Å². The molecule has 0 bridgehead atoms. The summed E-state index contributed by atoms with van der Waals surface area (Å²) in [5.41, 5.74) is 2.97. The Bertz CT molecular complexity index is 476. The number of anilines is 1. The Morgan fingerprint density at radius 3 is 1.88 bits per heavy atom. The molecule has 0 unspecified atom stereocenters. The average Bonchev–Trinajstić information content (AvgIpc) is 2.32. The van der Waals surface area contributed by atoms with E-state index in [4.69, 9.17) is 11.6 Å². The van der Waals surface area contributed by atoms with Crippen molar-refractivity contribution >= 4 is 23.7 Å². The van der Waals surface area contributed by atoms with Gasteiger partial charge in [0.2, 0.25) is 6.41 Å². The number of benzene rings is 2. The van der Waals surface area contributed by atoms with E-state index in [-0.39, 0.29) is 0 Å². The molecule has 2 rings (SSSR count). The Morgan fingerprint density at radius 2 is 1.38 bits per heavy atom. The fourth-order valence-electron chi connectivity index (χ4n) is 1.47. The summed E-state index contributed by atoms with van der Waals surface area (Å²) in [4.78, 5) is 10.2. The summed E-state index contributed by atoms with van der Waals surface area (Å²) < 4.78 is 0. The summed E-state index contributed by atoms with van der Waals surface area (Å²) in [5, 5.41) is 3.32. The molecule has 0 heterocycles. The maximum Gasteiger partial charge on any atom is 0.211 e. The van der Waals surface area contributed by atoms with Crippen LogP contribution in [0.3, 0.4) is 0 Å². The largest absolute Gasteiger partial charge is 0.329 e. The van der Waals surface area contributed by atoms with Gasteiger partial charge in [0.1, 0.15) is 0 Å². The first kappa shape index (κ1) is 10.7. The van der Waals surface area contributed by atoms with Crippen molar-refractivity contribution in [1.29, 1.82) is 0 Å². The highest BCUT2D eigenvalue weighted by Gasteiger charge is 1.97. The predicted octanol–water partition coefficient (Wildman–Crippen LogP) is 3.58. The van der Waals surface area contributed by atoms with E-state index < -0.39 is 0 Å². The zero-order chi connectivity index (χ0) is 11.4. The van der Waals surface area contributed by atoms with E-state index in [1.54, 1.807) is 0 Å². The molecule has 80 valence electrons. The number of halogens is 1. The Labute approximate surface area is 98.9 Å². The SMILES string of the molecule is O=CNc1ccc(-c2ccc(Cl)cc2)cc1. The molecule has 1 N–H and O–H groups in total. The lowest BCUT2D eigenvalue weighted by Gasteiger charge is -2.03. The first-order valence-corrected chi connectivity index (χ1v) is 5.23. The smallest absolute Gasteiger partial charge is 0.211 e. The van der Waals surface area contributed by atoms with Crippen molar-refractivity contribution in [2.75, 3.05) is 5.32 Å². The molecule has 3 heteroatoms. The van der Waals surface area contributed by atoms with Crippen molar-refractivity contribution in [3.05, 3.63) is 53.6 Å². The molecule has 0 atom stereocenters. The lowest BCUT2D eigenvalue weighted by atomic mass is 10.1. The molecular formula is C13H10ClNO. The molecule has 16 heavy (non-hydrogen) atoms. The van der Waals surface area contributed by atoms with Gasteiger partial charge in [0.25, 0.3) is 0 Å². The first-order valence-electron chi connectivity index (χ1n) is 4.86. The van der Waals surface area contributed by atoms with Crippen molar-refractivity contribution in [3.63, 3.8) is 0 Å². The Balaban J connectivity index is 2.27. The van der Waals surface area contributed by atoms with Crippen LogP contribution in [0.5, 0.6) is 0 Å². The van der Waals surface area contributed by atoms with Crippen LogP contribution in [0.2, 0.25) is 5.02 Å². The minimum absolute atomic E-state index is 0.664. The van der Waals surface area contributed by atoms with Crippen LogP contribution in [0, 0.1) is 0 Å². The van der Waals surface area contributed by atoms with Gasteiger partial charge >= 0.3 is 0 Å². The molecule has 0 aromatic heterocycles. The highest BCUT2D eigenvalue weighted by atomic mass is 35.5. The van der Waals surface area contributed by atoms with E-state index in [1.165, 1.54) is 0 Å². The number of nitrogens with one attached hydrogen (secondary N) is 1. The van der Waals surface area contributed by atoms with Crippen molar-refractivity contribution in [2.45, 2.75) is 0 Å². The van der Waals surface area contributed by atoms with Crippen LogP contribution in [0.4, 0.5) is 5.69 Å². The number of carbonyl (C=O) groups excluding carboxylic acids is 1. The van der Waals surface area contributed by atoms with Crippen molar-refractivity contribution in [1.82, 2.24) is 0 Å². The first-order chi connectivity index (χ1) is 7.79. The number of rotatable bonds is 3. The summed E-state index contributed by atoms with van der Waals surface area (Å²) in [7, 11) is 0. The number of amides is 1. The van der Waals surface area contributed by atoms with Gasteiger partial charge in [0.05, 0.1) is 0 Å². The zero-order valence-corrected chi connectivity index (χ0v) is 9.24. The normalized spacial score (nSPS) is 9.81. The Hall–Kier alpha value is -1.80. The zero-order valence-electron chi connectivity index (χ0n) is 8.48. The van der Waals surface area contributed by atoms with Gasteiger partial charge in [0, 0.05) is 10.7 Å². The second-order valence-electron chi connectivity index (χ2n) is 3.35.